The van der Waals surface area contributed by atoms with Crippen molar-refractivity contribution in [3.63, 3.8) is 0 Å². The first kappa shape index (κ1) is 19.8. The van der Waals surface area contributed by atoms with Crippen molar-refractivity contribution in [1.82, 2.24) is 0 Å². The van der Waals surface area contributed by atoms with E-state index in [9.17, 15) is 21.6 Å². The molecule has 3 nitrogen and oxygen atoms in total. The standard InChI is InChI=1S/C19H14F3IO3S/c20-19(21,22)17-13-7-8-14-18(17)27(24,25)26-23(15-9-3-1-4-10-15)16-11-5-2-6-12-16/h1-14H. The summed E-state index contributed by atoms with van der Waals surface area (Å²) < 4.78 is 72.1. The molecule has 3 aromatic carbocycles. The molecule has 0 aromatic heterocycles. The molecule has 0 spiro atoms. The average molecular weight is 506 g/mol. The average Bonchev–Trinajstić information content (AvgIpc) is 2.67. The van der Waals surface area contributed by atoms with Crippen molar-refractivity contribution in [2.75, 3.05) is 0 Å². The first-order valence-corrected chi connectivity index (χ1v) is 12.1. The van der Waals surface area contributed by atoms with Crippen LogP contribution in [0.1, 0.15) is 5.56 Å². The molecule has 27 heavy (non-hydrogen) atoms. The first-order valence-electron chi connectivity index (χ1n) is 7.70. The van der Waals surface area contributed by atoms with Crippen LogP contribution in [0.3, 0.4) is 0 Å². The number of rotatable bonds is 5. The van der Waals surface area contributed by atoms with Crippen molar-refractivity contribution in [2.24, 2.45) is 0 Å². The number of alkyl halides is 3. The quantitative estimate of drug-likeness (QED) is 0.425. The predicted molar refractivity (Wildman–Crippen MR) is 104 cm³/mol. The van der Waals surface area contributed by atoms with Gasteiger partial charge >= 0.3 is 163 Å². The van der Waals surface area contributed by atoms with Gasteiger partial charge in [-0.15, -0.1) is 0 Å². The zero-order valence-corrected chi connectivity index (χ0v) is 16.7. The molecule has 3 rings (SSSR count). The van der Waals surface area contributed by atoms with Crippen molar-refractivity contribution >= 4 is 30.4 Å². The topological polar surface area (TPSA) is 43.4 Å². The first-order chi connectivity index (χ1) is 12.8. The molecule has 8 heteroatoms. The Kier molecular flexibility index (Phi) is 5.87. The number of hydrogen-bond donors (Lipinski definition) is 0. The summed E-state index contributed by atoms with van der Waals surface area (Å²) in [6.07, 6.45) is -4.80. The Morgan fingerprint density at radius 1 is 0.704 bits per heavy atom. The second kappa shape index (κ2) is 7.99. The maximum atomic E-state index is 13.3. The Morgan fingerprint density at radius 3 is 1.63 bits per heavy atom. The van der Waals surface area contributed by atoms with Crippen molar-refractivity contribution in [3.05, 3.63) is 97.6 Å². The second-order valence-electron chi connectivity index (χ2n) is 5.35. The zero-order chi connectivity index (χ0) is 19.5. The molecular formula is C19H14F3IO3S. The third-order valence-corrected chi connectivity index (χ3v) is 10.9. The molecule has 0 aliphatic carbocycles. The zero-order valence-electron chi connectivity index (χ0n) is 13.7. The molecule has 3 aromatic rings. The molecule has 0 unspecified atom stereocenters. The number of hydrogen-bond acceptors (Lipinski definition) is 3. The minimum atomic E-state index is -4.80. The molecule has 0 aliphatic rings. The summed E-state index contributed by atoms with van der Waals surface area (Å²) in [5.41, 5.74) is -1.23. The Morgan fingerprint density at radius 2 is 1.15 bits per heavy atom. The Bertz CT molecular complexity index is 968. The summed E-state index contributed by atoms with van der Waals surface area (Å²) in [5, 5.41) is 0. The van der Waals surface area contributed by atoms with Crippen LogP contribution in [0, 0.1) is 7.14 Å². The van der Waals surface area contributed by atoms with Crippen molar-refractivity contribution < 1.29 is 24.1 Å². The summed E-state index contributed by atoms with van der Waals surface area (Å²) in [4.78, 5) is -0.869. The monoisotopic (exact) mass is 506 g/mol. The van der Waals surface area contributed by atoms with Gasteiger partial charge in [0.2, 0.25) is 0 Å². The van der Waals surface area contributed by atoms with Crippen molar-refractivity contribution in [3.8, 4) is 0 Å². The van der Waals surface area contributed by atoms with E-state index in [4.69, 9.17) is 2.51 Å². The van der Waals surface area contributed by atoms with E-state index in [0.29, 0.717) is 7.14 Å². The van der Waals surface area contributed by atoms with Crippen LogP contribution < -0.4 is 0 Å². The van der Waals surface area contributed by atoms with Crippen LogP contribution in [0.2, 0.25) is 0 Å². The molecule has 0 bridgehead atoms. The van der Waals surface area contributed by atoms with Gasteiger partial charge in [0.15, 0.2) is 0 Å². The molecule has 0 amide bonds. The van der Waals surface area contributed by atoms with Gasteiger partial charge in [0.05, 0.1) is 0 Å². The van der Waals surface area contributed by atoms with E-state index in [1.54, 1.807) is 60.7 Å². The third-order valence-electron chi connectivity index (χ3n) is 3.47. The summed E-state index contributed by atoms with van der Waals surface area (Å²) >= 11 is -2.99. The van der Waals surface area contributed by atoms with Gasteiger partial charge in [-0.3, -0.25) is 0 Å². The van der Waals surface area contributed by atoms with Crippen LogP contribution in [0.25, 0.3) is 0 Å². The van der Waals surface area contributed by atoms with Crippen LogP contribution in [0.5, 0.6) is 0 Å². The van der Waals surface area contributed by atoms with Crippen LogP contribution in [0.15, 0.2) is 89.8 Å². The van der Waals surface area contributed by atoms with E-state index < -0.39 is 47.0 Å². The van der Waals surface area contributed by atoms with Crippen molar-refractivity contribution in [1.29, 1.82) is 0 Å². The van der Waals surface area contributed by atoms with Crippen LogP contribution in [-0.2, 0) is 18.8 Å². The van der Waals surface area contributed by atoms with Crippen molar-refractivity contribution in [2.45, 2.75) is 11.1 Å². The molecule has 0 aliphatic heterocycles. The van der Waals surface area contributed by atoms with Gasteiger partial charge in [-0.1, -0.05) is 0 Å². The van der Waals surface area contributed by atoms with Crippen LogP contribution in [0.4, 0.5) is 13.2 Å². The Hall–Kier alpha value is -1.91. The van der Waals surface area contributed by atoms with Gasteiger partial charge in [-0.05, 0) is 0 Å². The fourth-order valence-electron chi connectivity index (χ4n) is 2.29. The molecule has 0 saturated carbocycles. The SMILES string of the molecule is O=S(=O)(OI(c1ccccc1)c1ccccc1)c1ccccc1C(F)(F)F. The maximum absolute atomic E-state index is 13.3. The van der Waals surface area contributed by atoms with E-state index in [1.807, 2.05) is 0 Å². The molecule has 0 fully saturated rings. The Labute approximate surface area is 162 Å². The van der Waals surface area contributed by atoms with Crippen LogP contribution >= 0.6 is 20.2 Å². The molecule has 0 radical (unpaired) electrons. The summed E-state index contributed by atoms with van der Waals surface area (Å²) in [7, 11) is -4.62. The normalized spacial score (nSPS) is 12.6. The molecule has 142 valence electrons. The molecule has 0 heterocycles. The minimum absolute atomic E-state index is 0.668. The van der Waals surface area contributed by atoms with Gasteiger partial charge < -0.3 is 0 Å². The summed E-state index contributed by atoms with van der Waals surface area (Å²) in [6.45, 7) is 0. The van der Waals surface area contributed by atoms with E-state index in [-0.39, 0.29) is 0 Å². The van der Waals surface area contributed by atoms with Crippen LogP contribution in [-0.4, -0.2) is 8.42 Å². The predicted octanol–water partition coefficient (Wildman–Crippen LogP) is 5.57. The van der Waals surface area contributed by atoms with E-state index in [1.165, 1.54) is 6.07 Å². The fraction of sp³-hybridized carbons (Fsp3) is 0.0526. The number of halogens is 4. The second-order valence-corrected chi connectivity index (χ2v) is 11.8. The van der Waals surface area contributed by atoms with Gasteiger partial charge in [-0.2, -0.15) is 0 Å². The molecular weight excluding hydrogens is 492 g/mol. The van der Waals surface area contributed by atoms with E-state index >= 15 is 0 Å². The van der Waals surface area contributed by atoms with Gasteiger partial charge in [0.1, 0.15) is 0 Å². The van der Waals surface area contributed by atoms with E-state index in [0.717, 1.165) is 18.2 Å². The summed E-state index contributed by atoms with van der Waals surface area (Å²) in [6, 6.07) is 21.4. The van der Waals surface area contributed by atoms with Gasteiger partial charge in [-0.25, -0.2) is 0 Å². The molecule has 0 saturated heterocycles. The number of benzene rings is 3. The Balaban J connectivity index is 2.07. The van der Waals surface area contributed by atoms with Gasteiger partial charge in [0.25, 0.3) is 0 Å². The molecule has 0 atom stereocenters. The van der Waals surface area contributed by atoms with Gasteiger partial charge in [0, 0.05) is 0 Å². The fourth-order valence-corrected chi connectivity index (χ4v) is 9.47. The summed E-state index contributed by atoms with van der Waals surface area (Å²) in [5.74, 6) is 0. The molecule has 0 N–H and O–H groups in total. The van der Waals surface area contributed by atoms with E-state index in [2.05, 4.69) is 0 Å². The third kappa shape index (κ3) is 4.69.